The zero-order valence-electron chi connectivity index (χ0n) is 11.9. The van der Waals surface area contributed by atoms with E-state index in [4.69, 9.17) is 5.41 Å². The highest BCUT2D eigenvalue weighted by Crippen LogP contribution is 2.20. The van der Waals surface area contributed by atoms with Gasteiger partial charge in [-0.05, 0) is 24.5 Å². The highest BCUT2D eigenvalue weighted by molar-refractivity contribution is 5.82. The number of hydrogen-bond acceptors (Lipinski definition) is 3. The van der Waals surface area contributed by atoms with E-state index < -0.39 is 6.17 Å². The maximum absolute atomic E-state index is 13.2. The predicted octanol–water partition coefficient (Wildman–Crippen LogP) is 2.64. The topological polar surface area (TPSA) is 73.7 Å². The number of imidazole rings is 1. The first-order chi connectivity index (χ1) is 10.0. The third kappa shape index (κ3) is 3.59. The van der Waals surface area contributed by atoms with Crippen LogP contribution in [0.1, 0.15) is 25.0 Å². The standard InChI is InChI=1S/C15H19FN4O/c1-10(6-7-11-4-3-5-12(16)8-11)18-14-13(9-17)20(2)15(21)19-14/h3-4,8-9,12,17-18H,1,5-7H2,2H3,(H,19,21). The van der Waals surface area contributed by atoms with Crippen LogP contribution in [-0.4, -0.2) is 21.9 Å². The number of aromatic nitrogens is 2. The van der Waals surface area contributed by atoms with Crippen LogP contribution < -0.4 is 11.0 Å². The van der Waals surface area contributed by atoms with E-state index in [9.17, 15) is 9.18 Å². The number of allylic oxidation sites excluding steroid dienone is 5. The molecule has 0 amide bonds. The zero-order chi connectivity index (χ0) is 15.4. The lowest BCUT2D eigenvalue weighted by Gasteiger charge is -2.12. The molecule has 1 aliphatic carbocycles. The summed E-state index contributed by atoms with van der Waals surface area (Å²) in [5.74, 6) is 0.457. The van der Waals surface area contributed by atoms with Gasteiger partial charge in [0.25, 0.3) is 0 Å². The second-order valence-corrected chi connectivity index (χ2v) is 5.02. The molecule has 0 radical (unpaired) electrons. The first-order valence-corrected chi connectivity index (χ1v) is 6.77. The van der Waals surface area contributed by atoms with E-state index in [1.165, 1.54) is 4.57 Å². The van der Waals surface area contributed by atoms with Crippen molar-refractivity contribution in [3.63, 3.8) is 0 Å². The monoisotopic (exact) mass is 290 g/mol. The van der Waals surface area contributed by atoms with Crippen LogP contribution in [0.4, 0.5) is 10.2 Å². The van der Waals surface area contributed by atoms with Gasteiger partial charge in [-0.2, -0.15) is 0 Å². The van der Waals surface area contributed by atoms with E-state index >= 15 is 0 Å². The lowest BCUT2D eigenvalue weighted by atomic mass is 10.0. The molecule has 0 aliphatic heterocycles. The Hall–Kier alpha value is -2.37. The van der Waals surface area contributed by atoms with Crippen LogP contribution in [0.3, 0.4) is 0 Å². The van der Waals surface area contributed by atoms with Crippen LogP contribution in [0.5, 0.6) is 0 Å². The van der Waals surface area contributed by atoms with Crippen LogP contribution in [0, 0.1) is 5.41 Å². The van der Waals surface area contributed by atoms with E-state index in [0.717, 1.165) is 11.8 Å². The van der Waals surface area contributed by atoms with Crippen LogP contribution in [0.15, 0.2) is 40.9 Å². The molecule has 6 heteroatoms. The summed E-state index contributed by atoms with van der Waals surface area (Å²) < 4.78 is 14.6. The van der Waals surface area contributed by atoms with Crippen molar-refractivity contribution < 1.29 is 4.39 Å². The molecule has 0 bridgehead atoms. The molecule has 1 aromatic heterocycles. The minimum atomic E-state index is -0.902. The highest BCUT2D eigenvalue weighted by atomic mass is 19.1. The van der Waals surface area contributed by atoms with Gasteiger partial charge in [0.1, 0.15) is 17.7 Å². The number of halogens is 1. The molecule has 0 spiro atoms. The molecular formula is C15H19FN4O. The van der Waals surface area contributed by atoms with Crippen molar-refractivity contribution in [1.29, 1.82) is 5.41 Å². The average Bonchev–Trinajstić information content (AvgIpc) is 2.71. The first-order valence-electron chi connectivity index (χ1n) is 6.77. The fourth-order valence-electron chi connectivity index (χ4n) is 2.20. The Kier molecular flexibility index (Phi) is 4.57. The summed E-state index contributed by atoms with van der Waals surface area (Å²) in [7, 11) is 1.59. The van der Waals surface area contributed by atoms with Crippen molar-refractivity contribution in [3.05, 3.63) is 52.3 Å². The number of alkyl halides is 1. The largest absolute Gasteiger partial charge is 0.344 e. The Balaban J connectivity index is 1.96. The molecule has 1 heterocycles. The summed E-state index contributed by atoms with van der Waals surface area (Å²) in [6.45, 7) is 3.91. The number of nitrogens with zero attached hydrogens (tertiary/aromatic N) is 1. The Morgan fingerprint density at radius 3 is 3.14 bits per heavy atom. The first kappa shape index (κ1) is 15.0. The number of aromatic amines is 1. The fourth-order valence-corrected chi connectivity index (χ4v) is 2.20. The van der Waals surface area contributed by atoms with Crippen LogP contribution in [-0.2, 0) is 7.05 Å². The van der Waals surface area contributed by atoms with Gasteiger partial charge in [0.05, 0.1) is 0 Å². The minimum Gasteiger partial charge on any atom is -0.344 e. The second kappa shape index (κ2) is 6.39. The van der Waals surface area contributed by atoms with Crippen molar-refractivity contribution in [2.24, 2.45) is 7.05 Å². The number of rotatable bonds is 6. The number of nitrogens with one attached hydrogen (secondary N) is 3. The van der Waals surface area contributed by atoms with E-state index in [2.05, 4.69) is 16.9 Å². The maximum Gasteiger partial charge on any atom is 0.327 e. The Morgan fingerprint density at radius 2 is 2.48 bits per heavy atom. The molecule has 0 saturated carbocycles. The molecule has 0 aromatic carbocycles. The third-order valence-corrected chi connectivity index (χ3v) is 3.40. The van der Waals surface area contributed by atoms with Gasteiger partial charge in [0.2, 0.25) is 0 Å². The molecule has 21 heavy (non-hydrogen) atoms. The molecule has 5 nitrogen and oxygen atoms in total. The molecule has 1 aromatic rings. The van der Waals surface area contributed by atoms with Gasteiger partial charge in [-0.15, -0.1) is 0 Å². The highest BCUT2D eigenvalue weighted by Gasteiger charge is 2.11. The molecule has 112 valence electrons. The van der Waals surface area contributed by atoms with E-state index in [1.54, 1.807) is 13.1 Å². The number of anilines is 1. The molecule has 0 fully saturated rings. The Labute approximate surface area is 122 Å². The van der Waals surface area contributed by atoms with Crippen molar-refractivity contribution >= 4 is 12.0 Å². The van der Waals surface area contributed by atoms with Gasteiger partial charge in [0.15, 0.2) is 0 Å². The van der Waals surface area contributed by atoms with Gasteiger partial charge in [-0.25, -0.2) is 9.18 Å². The van der Waals surface area contributed by atoms with Crippen molar-refractivity contribution in [3.8, 4) is 0 Å². The van der Waals surface area contributed by atoms with Crippen LogP contribution in [0.25, 0.3) is 0 Å². The summed E-state index contributed by atoms with van der Waals surface area (Å²) in [4.78, 5) is 14.2. The summed E-state index contributed by atoms with van der Waals surface area (Å²) >= 11 is 0. The minimum absolute atomic E-state index is 0.290. The zero-order valence-corrected chi connectivity index (χ0v) is 11.9. The summed E-state index contributed by atoms with van der Waals surface area (Å²) in [5, 5.41) is 10.3. The molecule has 1 aliphatic rings. The van der Waals surface area contributed by atoms with Gasteiger partial charge < -0.3 is 10.7 Å². The van der Waals surface area contributed by atoms with Crippen LogP contribution in [0.2, 0.25) is 0 Å². The molecular weight excluding hydrogens is 271 g/mol. The molecule has 3 N–H and O–H groups in total. The lowest BCUT2D eigenvalue weighted by molar-refractivity contribution is 0.399. The normalized spacial score (nSPS) is 17.4. The molecule has 1 atom stereocenters. The lowest BCUT2D eigenvalue weighted by Crippen LogP contribution is -2.14. The second-order valence-electron chi connectivity index (χ2n) is 5.02. The summed E-state index contributed by atoms with van der Waals surface area (Å²) in [5.41, 5.74) is 1.82. The van der Waals surface area contributed by atoms with E-state index in [-0.39, 0.29) is 5.69 Å². The SMILES string of the molecule is C=C(CCC1=CC(F)CC=C1)Nc1[nH]c(=O)n(C)c1C=N. The molecule has 1 unspecified atom stereocenters. The van der Waals surface area contributed by atoms with Crippen molar-refractivity contribution in [2.45, 2.75) is 25.4 Å². The Morgan fingerprint density at radius 1 is 1.71 bits per heavy atom. The summed E-state index contributed by atoms with van der Waals surface area (Å²) in [6, 6.07) is 0. The van der Waals surface area contributed by atoms with Gasteiger partial charge in [-0.1, -0.05) is 18.7 Å². The fraction of sp³-hybridized carbons (Fsp3) is 0.333. The predicted molar refractivity (Wildman–Crippen MR) is 82.7 cm³/mol. The number of hydrogen-bond donors (Lipinski definition) is 3. The van der Waals surface area contributed by atoms with E-state index in [0.29, 0.717) is 36.5 Å². The third-order valence-electron chi connectivity index (χ3n) is 3.40. The van der Waals surface area contributed by atoms with Crippen molar-refractivity contribution in [2.75, 3.05) is 5.32 Å². The van der Waals surface area contributed by atoms with Crippen LogP contribution >= 0.6 is 0 Å². The quantitative estimate of drug-likeness (QED) is 0.705. The Bertz CT molecular complexity index is 666. The van der Waals surface area contributed by atoms with Crippen molar-refractivity contribution in [1.82, 2.24) is 9.55 Å². The smallest absolute Gasteiger partial charge is 0.327 e. The van der Waals surface area contributed by atoms with Gasteiger partial charge in [0, 0.05) is 25.4 Å². The van der Waals surface area contributed by atoms with Gasteiger partial charge >= 0.3 is 5.69 Å². The number of H-pyrrole nitrogens is 1. The van der Waals surface area contributed by atoms with E-state index in [1.807, 2.05) is 12.2 Å². The summed E-state index contributed by atoms with van der Waals surface area (Å²) in [6.07, 6.45) is 7.33. The molecule has 2 rings (SSSR count). The maximum atomic E-state index is 13.2. The average molecular weight is 290 g/mol. The van der Waals surface area contributed by atoms with Gasteiger partial charge in [-0.3, -0.25) is 9.55 Å². The molecule has 0 saturated heterocycles.